The molecule has 2 heterocycles. The molecular formula is C8H15NO3. The molecule has 2 saturated heterocycles. The summed E-state index contributed by atoms with van der Waals surface area (Å²) in [4.78, 5) is 2.07. The number of nitrogens with zero attached hydrogens (tertiary/aromatic N) is 1. The molecule has 4 nitrogen and oxygen atoms in total. The van der Waals surface area contributed by atoms with Crippen LogP contribution in [0.3, 0.4) is 0 Å². The number of aliphatic hydroxyl groups excluding tert-OH is 1. The highest BCUT2D eigenvalue weighted by Gasteiger charge is 2.44. The molecule has 2 aliphatic heterocycles. The maximum absolute atomic E-state index is 9.47. The average molecular weight is 173 g/mol. The van der Waals surface area contributed by atoms with E-state index in [0.717, 1.165) is 0 Å². The molecule has 2 atom stereocenters. The van der Waals surface area contributed by atoms with Crippen molar-refractivity contribution in [1.29, 1.82) is 0 Å². The molecule has 2 aliphatic rings. The van der Waals surface area contributed by atoms with Crippen molar-refractivity contribution in [2.24, 2.45) is 0 Å². The lowest BCUT2D eigenvalue weighted by Gasteiger charge is -2.47. The van der Waals surface area contributed by atoms with Gasteiger partial charge in [-0.15, -0.1) is 0 Å². The summed E-state index contributed by atoms with van der Waals surface area (Å²) in [6.07, 6.45) is -0.374. The van der Waals surface area contributed by atoms with Crippen LogP contribution in [0, 0.1) is 0 Å². The molecule has 0 saturated carbocycles. The molecule has 0 radical (unpaired) electrons. The monoisotopic (exact) mass is 173 g/mol. The smallest absolute Gasteiger partial charge is 0.0950 e. The van der Waals surface area contributed by atoms with Crippen LogP contribution < -0.4 is 0 Å². The molecule has 4 heteroatoms. The van der Waals surface area contributed by atoms with Gasteiger partial charge in [-0.05, 0) is 6.92 Å². The lowest BCUT2D eigenvalue weighted by Crippen LogP contribution is -2.65. The van der Waals surface area contributed by atoms with E-state index in [1.54, 1.807) is 0 Å². The van der Waals surface area contributed by atoms with Gasteiger partial charge in [0.2, 0.25) is 0 Å². The molecule has 0 aromatic carbocycles. The summed E-state index contributed by atoms with van der Waals surface area (Å²) in [6, 6.07) is 0.102. The predicted octanol–water partition coefficient (Wildman–Crippen LogP) is -1.19. The van der Waals surface area contributed by atoms with Gasteiger partial charge in [-0.3, -0.25) is 4.90 Å². The number of hydrogen-bond donors (Lipinski definition) is 2. The first-order valence-electron chi connectivity index (χ1n) is 4.31. The Morgan fingerprint density at radius 3 is 2.50 bits per heavy atom. The van der Waals surface area contributed by atoms with E-state index in [1.165, 1.54) is 0 Å². The average Bonchev–Trinajstić information content (AvgIpc) is 2.30. The molecule has 2 unspecified atom stereocenters. The van der Waals surface area contributed by atoms with Crippen molar-refractivity contribution >= 4 is 0 Å². The largest absolute Gasteiger partial charge is 0.389 e. The molecular weight excluding hydrogens is 158 g/mol. The number of likely N-dealkylation sites (tertiary alicyclic amines) is 1. The van der Waals surface area contributed by atoms with Crippen LogP contribution in [0.15, 0.2) is 0 Å². The van der Waals surface area contributed by atoms with Gasteiger partial charge in [-0.25, -0.2) is 0 Å². The minimum Gasteiger partial charge on any atom is -0.389 e. The van der Waals surface area contributed by atoms with Gasteiger partial charge in [0, 0.05) is 13.1 Å². The lowest BCUT2D eigenvalue weighted by atomic mass is 9.94. The highest BCUT2D eigenvalue weighted by Crippen LogP contribution is 2.25. The van der Waals surface area contributed by atoms with E-state index in [1.807, 2.05) is 6.92 Å². The number of β-amino-alcohol motifs (C(OH)–C–C–N with tert-alkyl or cyclic N) is 1. The summed E-state index contributed by atoms with van der Waals surface area (Å²) in [5.41, 5.74) is -0.553. The molecule has 0 bridgehead atoms. The normalized spacial score (nSPS) is 41.2. The van der Waals surface area contributed by atoms with Crippen LogP contribution in [0.25, 0.3) is 0 Å². The third-order valence-electron chi connectivity index (χ3n) is 2.58. The third kappa shape index (κ3) is 1.35. The second-order valence-electron chi connectivity index (χ2n) is 4.07. The maximum atomic E-state index is 9.47. The molecule has 0 amide bonds. The van der Waals surface area contributed by atoms with Gasteiger partial charge in [0.25, 0.3) is 0 Å². The third-order valence-corrected chi connectivity index (χ3v) is 2.58. The summed E-state index contributed by atoms with van der Waals surface area (Å²) in [6.45, 7) is 4.14. The minimum absolute atomic E-state index is 0.102. The molecule has 2 rings (SSSR count). The molecule has 0 aromatic rings. The quantitative estimate of drug-likeness (QED) is 0.523. The van der Waals surface area contributed by atoms with Gasteiger partial charge in [-0.1, -0.05) is 0 Å². The number of hydrogen-bond acceptors (Lipinski definition) is 4. The summed E-state index contributed by atoms with van der Waals surface area (Å²) in [5.74, 6) is 0. The van der Waals surface area contributed by atoms with Crippen molar-refractivity contribution in [3.63, 3.8) is 0 Å². The Balaban J connectivity index is 1.87. The van der Waals surface area contributed by atoms with E-state index in [4.69, 9.17) is 4.74 Å². The Morgan fingerprint density at radius 2 is 2.08 bits per heavy atom. The van der Waals surface area contributed by atoms with Crippen molar-refractivity contribution < 1.29 is 14.9 Å². The molecule has 2 N–H and O–H groups in total. The van der Waals surface area contributed by atoms with E-state index in [9.17, 15) is 10.2 Å². The Morgan fingerprint density at radius 1 is 1.42 bits per heavy atom. The van der Waals surface area contributed by atoms with Crippen molar-refractivity contribution in [2.45, 2.75) is 24.7 Å². The Hall–Kier alpha value is -0.160. The Kier molecular flexibility index (Phi) is 1.88. The van der Waals surface area contributed by atoms with E-state index in [0.29, 0.717) is 26.3 Å². The van der Waals surface area contributed by atoms with E-state index in [-0.39, 0.29) is 12.1 Å². The van der Waals surface area contributed by atoms with Gasteiger partial charge >= 0.3 is 0 Å². The lowest BCUT2D eigenvalue weighted by molar-refractivity contribution is -0.114. The van der Waals surface area contributed by atoms with Gasteiger partial charge in [0.15, 0.2) is 0 Å². The van der Waals surface area contributed by atoms with Gasteiger partial charge in [-0.2, -0.15) is 0 Å². The van der Waals surface area contributed by atoms with Crippen LogP contribution in [0.2, 0.25) is 0 Å². The number of rotatable bonds is 1. The van der Waals surface area contributed by atoms with Crippen molar-refractivity contribution in [3.8, 4) is 0 Å². The van der Waals surface area contributed by atoms with E-state index < -0.39 is 5.60 Å². The van der Waals surface area contributed by atoms with E-state index in [2.05, 4.69) is 4.90 Å². The fraction of sp³-hybridized carbons (Fsp3) is 1.00. The predicted molar refractivity (Wildman–Crippen MR) is 42.8 cm³/mol. The Labute approximate surface area is 71.7 Å². The van der Waals surface area contributed by atoms with Crippen LogP contribution >= 0.6 is 0 Å². The fourth-order valence-corrected chi connectivity index (χ4v) is 1.94. The summed E-state index contributed by atoms with van der Waals surface area (Å²) < 4.78 is 5.12. The SMILES string of the molecule is CC1(O)CN(C2COCC2O)C1. The molecule has 70 valence electrons. The summed E-state index contributed by atoms with van der Waals surface area (Å²) >= 11 is 0. The van der Waals surface area contributed by atoms with Gasteiger partial charge < -0.3 is 14.9 Å². The van der Waals surface area contributed by atoms with Crippen molar-refractivity contribution in [1.82, 2.24) is 4.90 Å². The molecule has 0 spiro atoms. The van der Waals surface area contributed by atoms with Crippen LogP contribution in [0.4, 0.5) is 0 Å². The maximum Gasteiger partial charge on any atom is 0.0950 e. The van der Waals surface area contributed by atoms with Crippen LogP contribution in [0.5, 0.6) is 0 Å². The summed E-state index contributed by atoms with van der Waals surface area (Å²) in [5, 5.41) is 18.9. The zero-order valence-corrected chi connectivity index (χ0v) is 7.23. The molecule has 2 fully saturated rings. The first-order valence-corrected chi connectivity index (χ1v) is 4.31. The summed E-state index contributed by atoms with van der Waals surface area (Å²) in [7, 11) is 0. The first kappa shape index (κ1) is 8.44. The highest BCUT2D eigenvalue weighted by molar-refractivity contribution is 4.98. The van der Waals surface area contributed by atoms with Gasteiger partial charge in [0.1, 0.15) is 0 Å². The second-order valence-corrected chi connectivity index (χ2v) is 4.07. The number of aliphatic hydroxyl groups is 2. The van der Waals surface area contributed by atoms with Crippen LogP contribution in [-0.2, 0) is 4.74 Å². The topological polar surface area (TPSA) is 52.9 Å². The Bertz CT molecular complexity index is 175. The number of ether oxygens (including phenoxy) is 1. The van der Waals surface area contributed by atoms with E-state index >= 15 is 0 Å². The highest BCUT2D eigenvalue weighted by atomic mass is 16.5. The zero-order valence-electron chi connectivity index (χ0n) is 7.23. The fourth-order valence-electron chi connectivity index (χ4n) is 1.94. The molecule has 12 heavy (non-hydrogen) atoms. The van der Waals surface area contributed by atoms with Crippen molar-refractivity contribution in [3.05, 3.63) is 0 Å². The van der Waals surface area contributed by atoms with Crippen LogP contribution in [0.1, 0.15) is 6.92 Å². The van der Waals surface area contributed by atoms with Gasteiger partial charge in [0.05, 0.1) is 31.0 Å². The molecule has 0 aliphatic carbocycles. The zero-order chi connectivity index (χ0) is 8.77. The van der Waals surface area contributed by atoms with Crippen LogP contribution in [-0.4, -0.2) is 59.2 Å². The first-order chi connectivity index (χ1) is 5.58. The standard InChI is InChI=1S/C8H15NO3/c1-8(11)4-9(5-8)6-2-12-3-7(6)10/h6-7,10-11H,2-5H2,1H3. The molecule has 0 aromatic heterocycles. The van der Waals surface area contributed by atoms with Crippen molar-refractivity contribution in [2.75, 3.05) is 26.3 Å². The second kappa shape index (κ2) is 2.67. The minimum atomic E-state index is -0.553.